The normalized spacial score (nSPS) is 9.90. The molecule has 0 saturated carbocycles. The first-order valence-corrected chi connectivity index (χ1v) is 3.67. The highest BCUT2D eigenvalue weighted by molar-refractivity contribution is 6.33. The molecular formula is C6H6Cl2N2. The molecule has 0 amide bonds. The predicted octanol–water partition coefficient (Wildman–Crippen LogP) is 2.35. The Labute approximate surface area is 69.2 Å². The minimum absolute atomic E-state index is 0.400. The molecule has 0 fully saturated rings. The summed E-state index contributed by atoms with van der Waals surface area (Å²) in [5.41, 5.74) is 0. The average Bonchev–Trinajstić information content (AvgIpc) is 1.85. The molecule has 0 spiro atoms. The van der Waals surface area contributed by atoms with Crippen LogP contribution < -0.4 is 0 Å². The van der Waals surface area contributed by atoms with E-state index in [1.54, 1.807) is 0 Å². The Morgan fingerprint density at radius 2 is 1.80 bits per heavy atom. The van der Waals surface area contributed by atoms with Crippen molar-refractivity contribution in [2.45, 2.75) is 13.3 Å². The number of aromatic nitrogens is 2. The van der Waals surface area contributed by atoms with Gasteiger partial charge < -0.3 is 0 Å². The number of rotatable bonds is 1. The molecule has 1 heterocycles. The van der Waals surface area contributed by atoms with Crippen molar-refractivity contribution in [3.8, 4) is 0 Å². The van der Waals surface area contributed by atoms with E-state index in [1.165, 1.54) is 6.07 Å². The molecule has 1 rings (SSSR count). The number of nitrogens with zero attached hydrogens (tertiary/aromatic N) is 2. The second-order valence-corrected chi connectivity index (χ2v) is 2.56. The molecule has 0 saturated heterocycles. The first-order valence-electron chi connectivity index (χ1n) is 2.91. The Hall–Kier alpha value is -0.340. The van der Waals surface area contributed by atoms with Crippen LogP contribution in [-0.2, 0) is 6.42 Å². The maximum absolute atomic E-state index is 5.59. The van der Waals surface area contributed by atoms with Crippen LogP contribution in [0.4, 0.5) is 0 Å². The van der Waals surface area contributed by atoms with Crippen molar-refractivity contribution >= 4 is 23.2 Å². The Morgan fingerprint density at radius 1 is 1.30 bits per heavy atom. The van der Waals surface area contributed by atoms with E-state index in [0.717, 1.165) is 6.42 Å². The van der Waals surface area contributed by atoms with Crippen LogP contribution in [0.2, 0.25) is 10.3 Å². The van der Waals surface area contributed by atoms with Crippen LogP contribution >= 0.6 is 23.2 Å². The van der Waals surface area contributed by atoms with Gasteiger partial charge in [-0.25, -0.2) is 9.97 Å². The fourth-order valence-electron chi connectivity index (χ4n) is 0.593. The molecule has 0 atom stereocenters. The topological polar surface area (TPSA) is 25.8 Å². The molecule has 54 valence electrons. The fourth-order valence-corrected chi connectivity index (χ4v) is 1.05. The highest BCUT2D eigenvalue weighted by Gasteiger charge is 1.97. The molecule has 0 radical (unpaired) electrons. The number of aryl methyl sites for hydroxylation is 1. The highest BCUT2D eigenvalue weighted by Crippen LogP contribution is 2.11. The fraction of sp³-hybridized carbons (Fsp3) is 0.333. The van der Waals surface area contributed by atoms with Gasteiger partial charge in [0.1, 0.15) is 16.1 Å². The Kier molecular flexibility index (Phi) is 2.46. The van der Waals surface area contributed by atoms with E-state index >= 15 is 0 Å². The number of hydrogen-bond donors (Lipinski definition) is 0. The molecule has 0 N–H and O–H groups in total. The summed E-state index contributed by atoms with van der Waals surface area (Å²) in [6.45, 7) is 1.95. The second-order valence-electron chi connectivity index (χ2n) is 1.78. The van der Waals surface area contributed by atoms with E-state index in [9.17, 15) is 0 Å². The lowest BCUT2D eigenvalue weighted by Crippen LogP contribution is -1.91. The summed E-state index contributed by atoms with van der Waals surface area (Å²) in [6.07, 6.45) is 0.750. The zero-order valence-electron chi connectivity index (χ0n) is 5.43. The van der Waals surface area contributed by atoms with Crippen LogP contribution in [0.25, 0.3) is 0 Å². The van der Waals surface area contributed by atoms with E-state index < -0.39 is 0 Å². The van der Waals surface area contributed by atoms with E-state index in [1.807, 2.05) is 6.92 Å². The van der Waals surface area contributed by atoms with Gasteiger partial charge in [0.05, 0.1) is 0 Å². The standard InChI is InChI=1S/C6H6Cl2N2/c1-2-6-9-4(7)3-5(8)10-6/h3H,2H2,1H3. The predicted molar refractivity (Wildman–Crippen MR) is 41.4 cm³/mol. The third kappa shape index (κ3) is 1.82. The van der Waals surface area contributed by atoms with Crippen LogP contribution in [0.15, 0.2) is 6.07 Å². The van der Waals surface area contributed by atoms with E-state index in [4.69, 9.17) is 23.2 Å². The van der Waals surface area contributed by atoms with Crippen LogP contribution in [0.1, 0.15) is 12.7 Å². The van der Waals surface area contributed by atoms with Gasteiger partial charge >= 0.3 is 0 Å². The zero-order valence-corrected chi connectivity index (χ0v) is 6.95. The molecule has 4 heteroatoms. The summed E-state index contributed by atoms with van der Waals surface area (Å²) in [5, 5.41) is 0.800. The second kappa shape index (κ2) is 3.17. The number of hydrogen-bond acceptors (Lipinski definition) is 2. The summed E-state index contributed by atoms with van der Waals surface area (Å²) < 4.78 is 0. The van der Waals surface area contributed by atoms with Crippen molar-refractivity contribution in [1.82, 2.24) is 9.97 Å². The lowest BCUT2D eigenvalue weighted by atomic mass is 10.4. The van der Waals surface area contributed by atoms with Crippen molar-refractivity contribution in [1.29, 1.82) is 0 Å². The minimum Gasteiger partial charge on any atom is -0.221 e. The number of halogens is 2. The Morgan fingerprint density at radius 3 is 2.20 bits per heavy atom. The molecule has 0 bridgehead atoms. The third-order valence-electron chi connectivity index (χ3n) is 1.03. The largest absolute Gasteiger partial charge is 0.221 e. The van der Waals surface area contributed by atoms with Crippen molar-refractivity contribution in [3.05, 3.63) is 22.2 Å². The molecule has 1 aromatic heterocycles. The maximum atomic E-state index is 5.59. The third-order valence-corrected chi connectivity index (χ3v) is 1.41. The highest BCUT2D eigenvalue weighted by atomic mass is 35.5. The maximum Gasteiger partial charge on any atom is 0.134 e. The van der Waals surface area contributed by atoms with Gasteiger partial charge in [0.2, 0.25) is 0 Å². The van der Waals surface area contributed by atoms with Gasteiger partial charge in [0, 0.05) is 12.5 Å². The molecule has 0 aliphatic carbocycles. The monoisotopic (exact) mass is 176 g/mol. The van der Waals surface area contributed by atoms with E-state index in [-0.39, 0.29) is 0 Å². The van der Waals surface area contributed by atoms with Crippen molar-refractivity contribution in [3.63, 3.8) is 0 Å². The molecule has 0 aliphatic rings. The molecule has 0 aliphatic heterocycles. The molecule has 0 unspecified atom stereocenters. The van der Waals surface area contributed by atoms with Crippen LogP contribution in [-0.4, -0.2) is 9.97 Å². The van der Waals surface area contributed by atoms with E-state index in [2.05, 4.69) is 9.97 Å². The molecule has 2 nitrogen and oxygen atoms in total. The van der Waals surface area contributed by atoms with Crippen LogP contribution in [0, 0.1) is 0 Å². The zero-order chi connectivity index (χ0) is 7.56. The summed E-state index contributed by atoms with van der Waals surface area (Å²) in [4.78, 5) is 7.84. The molecular weight excluding hydrogens is 171 g/mol. The van der Waals surface area contributed by atoms with Gasteiger partial charge in [0.15, 0.2) is 0 Å². The summed E-state index contributed by atoms with van der Waals surface area (Å²) in [7, 11) is 0. The summed E-state index contributed by atoms with van der Waals surface area (Å²) in [6, 6.07) is 1.52. The minimum atomic E-state index is 0.400. The van der Waals surface area contributed by atoms with Crippen LogP contribution in [0.3, 0.4) is 0 Å². The lowest BCUT2D eigenvalue weighted by molar-refractivity contribution is 0.940. The van der Waals surface area contributed by atoms with Crippen molar-refractivity contribution < 1.29 is 0 Å². The van der Waals surface area contributed by atoms with Crippen LogP contribution in [0.5, 0.6) is 0 Å². The van der Waals surface area contributed by atoms with Gasteiger partial charge in [-0.15, -0.1) is 0 Å². The van der Waals surface area contributed by atoms with Crippen molar-refractivity contribution in [2.24, 2.45) is 0 Å². The van der Waals surface area contributed by atoms with Gasteiger partial charge in [-0.2, -0.15) is 0 Å². The molecule has 10 heavy (non-hydrogen) atoms. The van der Waals surface area contributed by atoms with Gasteiger partial charge in [-0.05, 0) is 0 Å². The SMILES string of the molecule is CCc1nc(Cl)cc(Cl)n1. The van der Waals surface area contributed by atoms with Gasteiger partial charge in [-0.3, -0.25) is 0 Å². The summed E-state index contributed by atoms with van der Waals surface area (Å²) >= 11 is 11.2. The molecule has 0 aromatic carbocycles. The smallest absolute Gasteiger partial charge is 0.134 e. The quantitative estimate of drug-likeness (QED) is 0.615. The first kappa shape index (κ1) is 7.76. The summed E-state index contributed by atoms with van der Waals surface area (Å²) in [5.74, 6) is 0.678. The Balaban J connectivity index is 3.06. The van der Waals surface area contributed by atoms with Crippen molar-refractivity contribution in [2.75, 3.05) is 0 Å². The average molecular weight is 177 g/mol. The first-order chi connectivity index (χ1) is 4.72. The van der Waals surface area contributed by atoms with Gasteiger partial charge in [-0.1, -0.05) is 30.1 Å². The molecule has 1 aromatic rings. The van der Waals surface area contributed by atoms with Gasteiger partial charge in [0.25, 0.3) is 0 Å². The lowest BCUT2D eigenvalue weighted by Gasteiger charge is -1.95. The Bertz CT molecular complexity index is 217. The van der Waals surface area contributed by atoms with E-state index in [0.29, 0.717) is 16.1 Å².